The van der Waals surface area contributed by atoms with Gasteiger partial charge >= 0.3 is 5.97 Å². The maximum Gasteiger partial charge on any atom is 0.335 e. The second-order valence-electron chi connectivity index (χ2n) is 12.9. The summed E-state index contributed by atoms with van der Waals surface area (Å²) in [6.07, 6.45) is 3.31. The van der Waals surface area contributed by atoms with Crippen LogP contribution in [0, 0.1) is 6.92 Å². The molecule has 0 aromatic heterocycles. The highest BCUT2D eigenvalue weighted by Gasteiger charge is 2.31. The smallest absolute Gasteiger partial charge is 0.335 e. The fourth-order valence-electron chi connectivity index (χ4n) is 5.95. The number of carbonyl (C=O) groups is 1. The van der Waals surface area contributed by atoms with E-state index in [1.54, 1.807) is 69.3 Å². The maximum absolute atomic E-state index is 12.1. The molecule has 6 N–H and O–H groups in total. The van der Waals surface area contributed by atoms with E-state index in [1.165, 1.54) is 12.1 Å². The Morgan fingerprint density at radius 2 is 1.63 bits per heavy atom. The van der Waals surface area contributed by atoms with E-state index in [1.807, 2.05) is 13.8 Å². The van der Waals surface area contributed by atoms with E-state index in [2.05, 4.69) is 4.99 Å². The number of benzene rings is 3. The molecule has 5 rings (SSSR count). The third-order valence-electron chi connectivity index (χ3n) is 7.53. The predicted octanol–water partition coefficient (Wildman–Crippen LogP) is 1.82. The van der Waals surface area contributed by atoms with Crippen molar-refractivity contribution in [3.8, 4) is 11.5 Å². The van der Waals surface area contributed by atoms with Crippen LogP contribution < -0.4 is 26.0 Å². The Kier molecular flexibility index (Phi) is 8.15. The van der Waals surface area contributed by atoms with E-state index in [4.69, 9.17) is 10.5 Å². The highest BCUT2D eigenvalue weighted by Crippen LogP contribution is 2.40. The number of aromatic carboxylic acids is 1. The molecule has 0 atom stereocenters. The van der Waals surface area contributed by atoms with Crippen molar-refractivity contribution in [2.75, 3.05) is 11.5 Å². The maximum atomic E-state index is 12.1. The number of fused-ring (bicyclic) bond motifs is 3. The zero-order valence-corrected chi connectivity index (χ0v) is 27.5. The molecule has 13 heteroatoms. The molecular formula is C33H35N2O9S2+. The van der Waals surface area contributed by atoms with Crippen molar-refractivity contribution < 1.29 is 45.6 Å². The summed E-state index contributed by atoms with van der Waals surface area (Å²) >= 11 is 0. The number of carboxylic acid groups (broad SMARTS) is 1. The zero-order chi connectivity index (χ0) is 34.0. The summed E-state index contributed by atoms with van der Waals surface area (Å²) in [6, 6.07) is 13.2. The number of hydrogen-bond acceptors (Lipinski definition) is 7. The number of nitrogens with one attached hydrogen (secondary N) is 1. The van der Waals surface area contributed by atoms with Crippen LogP contribution in [0.3, 0.4) is 0 Å². The number of aryl methyl sites for hydroxylation is 1. The van der Waals surface area contributed by atoms with Gasteiger partial charge in [0.1, 0.15) is 23.0 Å². The van der Waals surface area contributed by atoms with Crippen molar-refractivity contribution in [1.29, 1.82) is 0 Å². The Morgan fingerprint density at radius 3 is 2.20 bits per heavy atom. The van der Waals surface area contributed by atoms with Gasteiger partial charge in [-0.1, -0.05) is 18.2 Å². The Morgan fingerprint density at radius 1 is 0.978 bits per heavy atom. The highest BCUT2D eigenvalue weighted by molar-refractivity contribution is 7.86. The zero-order valence-electron chi connectivity index (χ0n) is 25.9. The molecule has 0 bridgehead atoms. The number of ether oxygens (including phenoxy) is 1. The number of rotatable bonds is 8. The molecule has 2 aliphatic heterocycles. The lowest BCUT2D eigenvalue weighted by Gasteiger charge is -2.25. The Labute approximate surface area is 267 Å². The molecule has 0 radical (unpaired) electrons. The van der Waals surface area contributed by atoms with Crippen LogP contribution in [0.2, 0.25) is 0 Å². The summed E-state index contributed by atoms with van der Waals surface area (Å²) in [4.78, 5) is 15.0. The van der Waals surface area contributed by atoms with Gasteiger partial charge < -0.3 is 15.6 Å². The van der Waals surface area contributed by atoms with E-state index in [0.717, 1.165) is 0 Å². The molecule has 0 fully saturated rings. The van der Waals surface area contributed by atoms with Crippen LogP contribution in [0.1, 0.15) is 65.9 Å². The van der Waals surface area contributed by atoms with Crippen LogP contribution in [0.4, 0.5) is 0 Å². The van der Waals surface area contributed by atoms with E-state index < -0.39 is 48.8 Å². The minimum Gasteiger partial charge on any atom is -0.478 e. The van der Waals surface area contributed by atoms with Crippen molar-refractivity contribution >= 4 is 42.9 Å². The van der Waals surface area contributed by atoms with Crippen molar-refractivity contribution in [1.82, 2.24) is 0 Å². The standard InChI is InChI=1S/C33H34N2O9S2/c1-18-10-28-25(11-23(18)21(14-32(2,3)34)16-45(38,39)40)30(19-6-8-20(9-7-19)31(36)37)26-12-24-22(17-46(41,42)43)15-33(4,5)35-27(24)13-29(26)44-28/h6-15H,16-17,34H2,1-5H3,(H,36,37)(H,38,39,40)(H,41,42,43)/p+1/b21-14-. The van der Waals surface area contributed by atoms with Crippen LogP contribution in [-0.2, 0) is 20.2 Å². The van der Waals surface area contributed by atoms with Gasteiger partial charge in [0, 0.05) is 35.7 Å². The number of nitrogens with two attached hydrogens (primary N) is 1. The Bertz CT molecular complexity index is 2210. The van der Waals surface area contributed by atoms with Gasteiger partial charge in [-0.15, -0.1) is 0 Å². The van der Waals surface area contributed by atoms with Gasteiger partial charge in [-0.3, -0.25) is 9.11 Å². The third-order valence-corrected chi connectivity index (χ3v) is 8.88. The summed E-state index contributed by atoms with van der Waals surface area (Å²) < 4.78 is 74.2. The molecule has 0 saturated carbocycles. The van der Waals surface area contributed by atoms with E-state index in [0.29, 0.717) is 61.0 Å². The topological polar surface area (TPSA) is 195 Å². The SMILES string of the molecule is Cc1cc2c(cc1/C(=C\C(C)(C)N)CS(=O)(=O)O)C(c1ccc(C(=O)O)cc1)=c1cc3c(cc1O2)=[NH+]C(C)(C)C=C3CS(=O)(=O)O. The molecule has 3 aromatic carbocycles. The van der Waals surface area contributed by atoms with Gasteiger partial charge in [-0.2, -0.15) is 16.8 Å². The Hall–Kier alpha value is -4.14. The molecular weight excluding hydrogens is 633 g/mol. The van der Waals surface area contributed by atoms with E-state index >= 15 is 0 Å². The molecule has 2 aliphatic rings. The number of hydrogen-bond donors (Lipinski definition) is 5. The summed E-state index contributed by atoms with van der Waals surface area (Å²) in [5.74, 6) is -1.54. The lowest BCUT2D eigenvalue weighted by molar-refractivity contribution is -0.568. The predicted molar refractivity (Wildman–Crippen MR) is 173 cm³/mol. The molecule has 242 valence electrons. The lowest BCUT2D eigenvalue weighted by atomic mass is 9.86. The summed E-state index contributed by atoms with van der Waals surface area (Å²) in [6.45, 7) is 8.90. The molecule has 46 heavy (non-hydrogen) atoms. The normalized spacial score (nSPS) is 16.0. The van der Waals surface area contributed by atoms with Crippen LogP contribution >= 0.6 is 0 Å². The average Bonchev–Trinajstić information content (AvgIpc) is 2.87. The van der Waals surface area contributed by atoms with Crippen LogP contribution in [-0.4, -0.2) is 59.6 Å². The minimum absolute atomic E-state index is 0.0697. The van der Waals surface area contributed by atoms with E-state index in [-0.39, 0.29) is 11.1 Å². The van der Waals surface area contributed by atoms with Gasteiger partial charge in [-0.25, -0.2) is 9.79 Å². The molecule has 3 aromatic rings. The quantitative estimate of drug-likeness (QED) is 0.173. The average molecular weight is 668 g/mol. The van der Waals surface area contributed by atoms with Crippen molar-refractivity contribution in [2.45, 2.75) is 45.7 Å². The first-order valence-electron chi connectivity index (χ1n) is 14.2. The van der Waals surface area contributed by atoms with Gasteiger partial charge in [0.15, 0.2) is 5.54 Å². The van der Waals surface area contributed by atoms with Crippen molar-refractivity contribution in [3.05, 3.63) is 105 Å². The van der Waals surface area contributed by atoms with Crippen LogP contribution in [0.15, 0.2) is 60.7 Å². The highest BCUT2D eigenvalue weighted by atomic mass is 32.2. The minimum atomic E-state index is -4.45. The largest absolute Gasteiger partial charge is 0.478 e. The second kappa shape index (κ2) is 11.3. The summed E-state index contributed by atoms with van der Waals surface area (Å²) in [5, 5.41) is 10.7. The first-order valence-corrected chi connectivity index (χ1v) is 17.4. The molecule has 0 amide bonds. The fourth-order valence-corrected chi connectivity index (χ4v) is 7.21. The first kappa shape index (κ1) is 33.2. The molecule has 0 spiro atoms. The summed E-state index contributed by atoms with van der Waals surface area (Å²) in [5.41, 5.74) is 8.80. The van der Waals surface area contributed by atoms with Crippen LogP contribution in [0.25, 0.3) is 16.7 Å². The van der Waals surface area contributed by atoms with Crippen molar-refractivity contribution in [3.63, 3.8) is 0 Å². The van der Waals surface area contributed by atoms with Gasteiger partial charge in [0.25, 0.3) is 20.2 Å². The number of carboxylic acids is 1. The Balaban J connectivity index is 1.88. The molecule has 2 heterocycles. The van der Waals surface area contributed by atoms with Gasteiger partial charge in [-0.05, 0) is 85.0 Å². The first-order chi connectivity index (χ1) is 21.1. The monoisotopic (exact) mass is 667 g/mol. The van der Waals surface area contributed by atoms with Gasteiger partial charge in [0.05, 0.1) is 17.2 Å². The van der Waals surface area contributed by atoms with Crippen LogP contribution in [0.5, 0.6) is 11.5 Å². The molecule has 0 aliphatic carbocycles. The summed E-state index contributed by atoms with van der Waals surface area (Å²) in [7, 11) is -8.84. The lowest BCUT2D eigenvalue weighted by Crippen LogP contribution is -2.89. The van der Waals surface area contributed by atoms with E-state index in [9.17, 15) is 35.8 Å². The third kappa shape index (κ3) is 7.29. The molecule has 0 saturated heterocycles. The van der Waals surface area contributed by atoms with Gasteiger partial charge in [0.2, 0.25) is 5.36 Å². The fraction of sp³-hybridized carbons (Fsp3) is 0.273. The molecule has 11 nitrogen and oxygen atoms in total. The molecule has 0 unspecified atom stereocenters. The second-order valence-corrected chi connectivity index (χ2v) is 15.8. The van der Waals surface area contributed by atoms with Crippen molar-refractivity contribution in [2.24, 2.45) is 5.73 Å².